The van der Waals surface area contributed by atoms with Crippen LogP contribution < -0.4 is 5.32 Å². The summed E-state index contributed by atoms with van der Waals surface area (Å²) in [6.45, 7) is 1.64. The number of hydrogen-bond donors (Lipinski definition) is 1. The van der Waals surface area contributed by atoms with E-state index in [0.717, 1.165) is 32.4 Å². The van der Waals surface area contributed by atoms with Crippen molar-refractivity contribution in [3.63, 3.8) is 0 Å². The van der Waals surface area contributed by atoms with Crippen LogP contribution in [0.15, 0.2) is 42.5 Å². The fourth-order valence-corrected chi connectivity index (χ4v) is 3.81. The van der Waals surface area contributed by atoms with Crippen LogP contribution in [0.25, 0.3) is 10.8 Å². The minimum absolute atomic E-state index is 0. The third-order valence-electron chi connectivity index (χ3n) is 5.12. The number of hydrogen-bond acceptors (Lipinski definition) is 2. The van der Waals surface area contributed by atoms with E-state index in [1.54, 1.807) is 0 Å². The van der Waals surface area contributed by atoms with Crippen molar-refractivity contribution in [2.24, 2.45) is 0 Å². The van der Waals surface area contributed by atoms with Gasteiger partial charge in [-0.2, -0.15) is 0 Å². The normalized spacial score (nSPS) is 14.4. The van der Waals surface area contributed by atoms with Gasteiger partial charge in [-0.3, -0.25) is 4.79 Å². The molecule has 1 N–H and O–H groups in total. The molecule has 1 aliphatic rings. The zero-order valence-corrected chi connectivity index (χ0v) is 15.9. The van der Waals surface area contributed by atoms with Gasteiger partial charge in [0.25, 0.3) is 0 Å². The maximum atomic E-state index is 12.8. The fourth-order valence-electron chi connectivity index (χ4n) is 3.81. The van der Waals surface area contributed by atoms with Crippen molar-refractivity contribution in [2.75, 3.05) is 13.6 Å². The summed E-state index contributed by atoms with van der Waals surface area (Å²) in [6, 6.07) is 15.3. The van der Waals surface area contributed by atoms with Crippen molar-refractivity contribution < 1.29 is 4.79 Å². The summed E-state index contributed by atoms with van der Waals surface area (Å²) in [7, 11) is 1.94. The molecule has 136 valence electrons. The van der Waals surface area contributed by atoms with E-state index in [-0.39, 0.29) is 12.4 Å². The van der Waals surface area contributed by atoms with Crippen LogP contribution in [0, 0.1) is 0 Å². The molecule has 1 aliphatic carbocycles. The number of fused-ring (bicyclic) bond motifs is 1. The number of halogens is 1. The summed E-state index contributed by atoms with van der Waals surface area (Å²) in [5.41, 5.74) is 1.27. The largest absolute Gasteiger partial charge is 0.335 e. The molecule has 1 fully saturated rings. The first-order valence-corrected chi connectivity index (χ1v) is 9.20. The quantitative estimate of drug-likeness (QED) is 0.735. The smallest absolute Gasteiger partial charge is 0.223 e. The molecule has 0 radical (unpaired) electrons. The third kappa shape index (κ3) is 4.96. The lowest BCUT2D eigenvalue weighted by Gasteiger charge is -2.30. The van der Waals surface area contributed by atoms with Gasteiger partial charge in [-0.15, -0.1) is 12.4 Å². The average molecular weight is 361 g/mol. The van der Waals surface area contributed by atoms with Crippen molar-refractivity contribution in [2.45, 2.75) is 51.1 Å². The maximum absolute atomic E-state index is 12.8. The van der Waals surface area contributed by atoms with Crippen molar-refractivity contribution >= 4 is 29.1 Å². The summed E-state index contributed by atoms with van der Waals surface area (Å²) in [5, 5.41) is 5.66. The molecular formula is C21H29ClN2O. The Balaban J connectivity index is 0.00000225. The molecular weight excluding hydrogens is 332 g/mol. The molecule has 0 aliphatic heterocycles. The maximum Gasteiger partial charge on any atom is 0.223 e. The monoisotopic (exact) mass is 360 g/mol. The SMILES string of the molecule is CNCCCC(=O)N(Cc1cccc2ccccc12)C1CCCC1.Cl. The molecule has 2 aromatic rings. The van der Waals surface area contributed by atoms with Crippen molar-refractivity contribution in [1.29, 1.82) is 0 Å². The van der Waals surface area contributed by atoms with Gasteiger partial charge in [0.1, 0.15) is 0 Å². The highest BCUT2D eigenvalue weighted by atomic mass is 35.5. The highest BCUT2D eigenvalue weighted by Crippen LogP contribution is 2.28. The van der Waals surface area contributed by atoms with Gasteiger partial charge < -0.3 is 10.2 Å². The zero-order valence-electron chi connectivity index (χ0n) is 15.0. The average Bonchev–Trinajstić information content (AvgIpc) is 3.14. The summed E-state index contributed by atoms with van der Waals surface area (Å²) < 4.78 is 0. The second-order valence-electron chi connectivity index (χ2n) is 6.81. The molecule has 3 nitrogen and oxygen atoms in total. The molecule has 0 saturated heterocycles. The van der Waals surface area contributed by atoms with Crippen LogP contribution >= 0.6 is 12.4 Å². The Bertz CT molecular complexity index is 677. The van der Waals surface area contributed by atoms with E-state index in [4.69, 9.17) is 0 Å². The number of nitrogens with zero attached hydrogens (tertiary/aromatic N) is 1. The van der Waals surface area contributed by atoms with Gasteiger partial charge in [0.05, 0.1) is 0 Å². The van der Waals surface area contributed by atoms with Gasteiger partial charge in [-0.1, -0.05) is 55.3 Å². The second kappa shape index (κ2) is 9.79. The van der Waals surface area contributed by atoms with E-state index in [2.05, 4.69) is 52.7 Å². The summed E-state index contributed by atoms with van der Waals surface area (Å²) in [6.07, 6.45) is 6.36. The third-order valence-corrected chi connectivity index (χ3v) is 5.12. The molecule has 0 spiro atoms. The summed E-state index contributed by atoms with van der Waals surface area (Å²) in [5.74, 6) is 0.310. The van der Waals surface area contributed by atoms with Crippen molar-refractivity contribution in [1.82, 2.24) is 10.2 Å². The van der Waals surface area contributed by atoms with Gasteiger partial charge in [0.2, 0.25) is 5.91 Å². The minimum Gasteiger partial charge on any atom is -0.335 e. The first-order valence-electron chi connectivity index (χ1n) is 9.20. The number of nitrogens with one attached hydrogen (secondary N) is 1. The van der Waals surface area contributed by atoms with Gasteiger partial charge >= 0.3 is 0 Å². The molecule has 1 saturated carbocycles. The van der Waals surface area contributed by atoms with Crippen LogP contribution in [0.3, 0.4) is 0 Å². The Labute approximate surface area is 157 Å². The Morgan fingerprint density at radius 2 is 1.84 bits per heavy atom. The van der Waals surface area contributed by atoms with E-state index in [9.17, 15) is 4.79 Å². The molecule has 0 atom stereocenters. The Hall–Kier alpha value is -1.58. The van der Waals surface area contributed by atoms with Crippen LogP contribution in [0.1, 0.15) is 44.1 Å². The Morgan fingerprint density at radius 1 is 1.12 bits per heavy atom. The van der Waals surface area contributed by atoms with Crippen molar-refractivity contribution in [3.05, 3.63) is 48.0 Å². The standard InChI is InChI=1S/C21H28N2O.ClH/c1-22-15-7-14-21(24)23(19-11-3-4-12-19)16-18-10-6-9-17-8-2-5-13-20(17)18;/h2,5-6,8-10,13,19,22H,3-4,7,11-12,14-16H2,1H3;1H. The lowest BCUT2D eigenvalue weighted by atomic mass is 10.0. The van der Waals surface area contributed by atoms with Gasteiger partial charge in [-0.25, -0.2) is 0 Å². The van der Waals surface area contributed by atoms with Gasteiger partial charge in [0.15, 0.2) is 0 Å². The molecule has 1 amide bonds. The molecule has 0 heterocycles. The predicted molar refractivity (Wildman–Crippen MR) is 107 cm³/mol. The molecule has 2 aromatic carbocycles. The molecule has 0 unspecified atom stereocenters. The number of rotatable bonds is 7. The number of carbonyl (C=O) groups excluding carboxylic acids is 1. The van der Waals surface area contributed by atoms with Crippen LogP contribution in [0.4, 0.5) is 0 Å². The lowest BCUT2D eigenvalue weighted by Crippen LogP contribution is -2.38. The predicted octanol–water partition coefficient (Wildman–Crippen LogP) is 4.53. The molecule has 0 aromatic heterocycles. The zero-order chi connectivity index (χ0) is 16.8. The Morgan fingerprint density at radius 3 is 2.60 bits per heavy atom. The molecule has 0 bridgehead atoms. The van der Waals surface area contributed by atoms with E-state index >= 15 is 0 Å². The number of carbonyl (C=O) groups is 1. The van der Waals surface area contributed by atoms with E-state index < -0.39 is 0 Å². The lowest BCUT2D eigenvalue weighted by molar-refractivity contribution is -0.134. The first kappa shape index (κ1) is 19.7. The van der Waals surface area contributed by atoms with E-state index in [1.165, 1.54) is 29.2 Å². The van der Waals surface area contributed by atoms with Crippen LogP contribution in [-0.4, -0.2) is 30.4 Å². The van der Waals surface area contributed by atoms with Crippen molar-refractivity contribution in [3.8, 4) is 0 Å². The molecule has 25 heavy (non-hydrogen) atoms. The number of amides is 1. The Kier molecular flexibility index (Phi) is 7.73. The highest BCUT2D eigenvalue weighted by molar-refractivity contribution is 5.86. The highest BCUT2D eigenvalue weighted by Gasteiger charge is 2.26. The fraction of sp³-hybridized carbons (Fsp3) is 0.476. The minimum atomic E-state index is 0. The van der Waals surface area contributed by atoms with Gasteiger partial charge in [0, 0.05) is 19.0 Å². The van der Waals surface area contributed by atoms with Crippen LogP contribution in [-0.2, 0) is 11.3 Å². The summed E-state index contributed by atoms with van der Waals surface area (Å²) >= 11 is 0. The number of benzene rings is 2. The van der Waals surface area contributed by atoms with E-state index in [0.29, 0.717) is 18.4 Å². The molecule has 3 rings (SSSR count). The first-order chi connectivity index (χ1) is 11.8. The topological polar surface area (TPSA) is 32.3 Å². The second-order valence-corrected chi connectivity index (χ2v) is 6.81. The van der Waals surface area contributed by atoms with Crippen LogP contribution in [0.5, 0.6) is 0 Å². The van der Waals surface area contributed by atoms with Gasteiger partial charge in [-0.05, 0) is 49.2 Å². The van der Waals surface area contributed by atoms with E-state index in [1.807, 2.05) is 7.05 Å². The molecule has 4 heteroatoms. The van der Waals surface area contributed by atoms with Crippen LogP contribution in [0.2, 0.25) is 0 Å². The summed E-state index contributed by atoms with van der Waals surface area (Å²) in [4.78, 5) is 15.0.